The van der Waals surface area contributed by atoms with Gasteiger partial charge in [-0.2, -0.15) is 0 Å². The van der Waals surface area contributed by atoms with Crippen LogP contribution in [0.3, 0.4) is 0 Å². The molecular formula is C19H21NO4. The summed E-state index contributed by atoms with van der Waals surface area (Å²) in [4.78, 5) is 12.8. The van der Waals surface area contributed by atoms with Crippen LogP contribution in [0.5, 0.6) is 11.5 Å². The molecule has 1 N–H and O–H groups in total. The summed E-state index contributed by atoms with van der Waals surface area (Å²) in [5.74, 6) is 0.596. The molecule has 0 amide bonds. The third kappa shape index (κ3) is 2.46. The first-order chi connectivity index (χ1) is 11.2. The van der Waals surface area contributed by atoms with Crippen molar-refractivity contribution in [1.82, 2.24) is 4.57 Å². The second-order valence-corrected chi connectivity index (χ2v) is 6.78. The average Bonchev–Trinajstić information content (AvgIpc) is 2.84. The SMILES string of the molecule is COc1cc2c3ccccc3n(C(=O)OC(C)(C)C)c2c(O)c1C. The van der Waals surface area contributed by atoms with Crippen LogP contribution in [0.15, 0.2) is 30.3 Å². The van der Waals surface area contributed by atoms with Gasteiger partial charge in [-0.15, -0.1) is 0 Å². The van der Waals surface area contributed by atoms with Gasteiger partial charge < -0.3 is 14.6 Å². The highest BCUT2D eigenvalue weighted by Crippen LogP contribution is 2.41. The van der Waals surface area contributed by atoms with Crippen LogP contribution in [0, 0.1) is 6.92 Å². The molecule has 3 aromatic rings. The lowest BCUT2D eigenvalue weighted by Crippen LogP contribution is -2.27. The minimum Gasteiger partial charge on any atom is -0.505 e. The number of phenolic OH excluding ortho intramolecular Hbond substituents is 1. The molecule has 2 aromatic carbocycles. The fourth-order valence-electron chi connectivity index (χ4n) is 2.89. The van der Waals surface area contributed by atoms with E-state index in [4.69, 9.17) is 9.47 Å². The van der Waals surface area contributed by atoms with Gasteiger partial charge in [0.15, 0.2) is 0 Å². The second-order valence-electron chi connectivity index (χ2n) is 6.78. The van der Waals surface area contributed by atoms with Gasteiger partial charge in [0, 0.05) is 16.3 Å². The van der Waals surface area contributed by atoms with E-state index in [1.165, 1.54) is 4.57 Å². The van der Waals surface area contributed by atoms with E-state index in [2.05, 4.69) is 0 Å². The maximum absolute atomic E-state index is 12.8. The van der Waals surface area contributed by atoms with E-state index in [0.29, 0.717) is 22.3 Å². The Morgan fingerprint density at radius 1 is 1.17 bits per heavy atom. The Kier molecular flexibility index (Phi) is 3.67. The predicted molar refractivity (Wildman–Crippen MR) is 94.0 cm³/mol. The zero-order valence-electron chi connectivity index (χ0n) is 14.5. The number of aromatic nitrogens is 1. The van der Waals surface area contributed by atoms with Crippen LogP contribution in [0.25, 0.3) is 21.8 Å². The summed E-state index contributed by atoms with van der Waals surface area (Å²) in [5, 5.41) is 12.3. The standard InChI is InChI=1S/C19H21NO4/c1-11-15(23-5)10-13-12-8-6-7-9-14(12)20(16(13)17(11)21)18(22)24-19(2,3)4/h6-10,21H,1-5H3. The summed E-state index contributed by atoms with van der Waals surface area (Å²) in [6.45, 7) is 7.19. The van der Waals surface area contributed by atoms with Crippen molar-refractivity contribution >= 4 is 27.9 Å². The summed E-state index contributed by atoms with van der Waals surface area (Å²) in [6.07, 6.45) is -0.520. The quantitative estimate of drug-likeness (QED) is 0.709. The van der Waals surface area contributed by atoms with Crippen molar-refractivity contribution in [2.75, 3.05) is 7.11 Å². The van der Waals surface area contributed by atoms with Crippen LogP contribution in [0.2, 0.25) is 0 Å². The first kappa shape index (κ1) is 16.2. The van der Waals surface area contributed by atoms with Crippen LogP contribution in [0.1, 0.15) is 26.3 Å². The highest BCUT2D eigenvalue weighted by atomic mass is 16.6. The third-order valence-electron chi connectivity index (χ3n) is 3.93. The Hall–Kier alpha value is -2.69. The number of ether oxygens (including phenoxy) is 2. The van der Waals surface area contributed by atoms with Crippen LogP contribution in [-0.2, 0) is 4.74 Å². The number of hydrogen-bond acceptors (Lipinski definition) is 4. The molecule has 5 heteroatoms. The third-order valence-corrected chi connectivity index (χ3v) is 3.93. The van der Waals surface area contributed by atoms with E-state index in [0.717, 1.165) is 10.8 Å². The van der Waals surface area contributed by atoms with E-state index < -0.39 is 11.7 Å². The second kappa shape index (κ2) is 5.44. The van der Waals surface area contributed by atoms with Gasteiger partial charge in [0.05, 0.1) is 12.6 Å². The molecule has 0 saturated carbocycles. The Labute approximate surface area is 140 Å². The minimum absolute atomic E-state index is 0.0198. The highest BCUT2D eigenvalue weighted by molar-refractivity contribution is 6.15. The van der Waals surface area contributed by atoms with Crippen molar-refractivity contribution in [2.24, 2.45) is 0 Å². The molecule has 0 aliphatic heterocycles. The van der Waals surface area contributed by atoms with Crippen LogP contribution < -0.4 is 4.74 Å². The molecule has 0 bridgehead atoms. The Balaban J connectivity index is 2.42. The number of para-hydroxylation sites is 1. The molecule has 126 valence electrons. The van der Waals surface area contributed by atoms with Crippen molar-refractivity contribution in [1.29, 1.82) is 0 Å². The van der Waals surface area contributed by atoms with Gasteiger partial charge >= 0.3 is 6.09 Å². The summed E-state index contributed by atoms with van der Waals surface area (Å²) in [6, 6.07) is 9.33. The van der Waals surface area contributed by atoms with Crippen LogP contribution in [-0.4, -0.2) is 28.5 Å². The number of fused-ring (bicyclic) bond motifs is 3. The lowest BCUT2D eigenvalue weighted by Gasteiger charge is -2.20. The minimum atomic E-state index is -0.633. The van der Waals surface area contributed by atoms with Gasteiger partial charge in [0.1, 0.15) is 22.6 Å². The molecule has 0 aliphatic carbocycles. The number of benzene rings is 2. The fraction of sp³-hybridized carbons (Fsp3) is 0.316. The fourth-order valence-corrected chi connectivity index (χ4v) is 2.89. The van der Waals surface area contributed by atoms with Crippen LogP contribution >= 0.6 is 0 Å². The number of hydrogen-bond donors (Lipinski definition) is 1. The molecule has 0 aliphatic rings. The van der Waals surface area contributed by atoms with E-state index in [9.17, 15) is 9.90 Å². The zero-order chi connectivity index (χ0) is 17.6. The molecule has 24 heavy (non-hydrogen) atoms. The number of carbonyl (C=O) groups is 1. The molecule has 5 nitrogen and oxygen atoms in total. The number of phenols is 1. The topological polar surface area (TPSA) is 60.7 Å². The summed E-state index contributed by atoms with van der Waals surface area (Å²) in [7, 11) is 1.56. The molecule has 1 heterocycles. The van der Waals surface area contributed by atoms with E-state index in [-0.39, 0.29) is 5.75 Å². The van der Waals surface area contributed by atoms with Gasteiger partial charge in [0.25, 0.3) is 0 Å². The predicted octanol–water partition coefficient (Wildman–Crippen LogP) is 4.60. The summed E-state index contributed by atoms with van der Waals surface area (Å²) in [5.41, 5.74) is 1.07. The Bertz CT molecular complexity index is 948. The van der Waals surface area contributed by atoms with E-state index >= 15 is 0 Å². The summed E-state index contributed by atoms with van der Waals surface area (Å²) >= 11 is 0. The number of aromatic hydroxyl groups is 1. The molecule has 0 spiro atoms. The zero-order valence-corrected chi connectivity index (χ0v) is 14.5. The largest absolute Gasteiger partial charge is 0.505 e. The molecule has 0 atom stereocenters. The Morgan fingerprint density at radius 3 is 2.46 bits per heavy atom. The van der Waals surface area contributed by atoms with Gasteiger partial charge in [-0.05, 0) is 39.8 Å². The van der Waals surface area contributed by atoms with E-state index in [1.807, 2.05) is 51.1 Å². The van der Waals surface area contributed by atoms with Gasteiger partial charge in [-0.25, -0.2) is 9.36 Å². The van der Waals surface area contributed by atoms with Crippen molar-refractivity contribution in [3.8, 4) is 11.5 Å². The van der Waals surface area contributed by atoms with Gasteiger partial charge in [-0.1, -0.05) is 18.2 Å². The summed E-state index contributed by atoms with van der Waals surface area (Å²) < 4.78 is 12.3. The van der Waals surface area contributed by atoms with Crippen molar-refractivity contribution in [3.63, 3.8) is 0 Å². The number of nitrogens with zero attached hydrogens (tertiary/aromatic N) is 1. The number of methoxy groups -OCH3 is 1. The molecule has 3 rings (SSSR count). The van der Waals surface area contributed by atoms with Crippen LogP contribution in [0.4, 0.5) is 4.79 Å². The molecule has 0 radical (unpaired) electrons. The van der Waals surface area contributed by atoms with Gasteiger partial charge in [0.2, 0.25) is 0 Å². The molecular weight excluding hydrogens is 306 g/mol. The first-order valence-electron chi connectivity index (χ1n) is 7.77. The van der Waals surface area contributed by atoms with Gasteiger partial charge in [-0.3, -0.25) is 0 Å². The normalized spacial score (nSPS) is 11.9. The maximum atomic E-state index is 12.8. The lowest BCUT2D eigenvalue weighted by atomic mass is 10.1. The van der Waals surface area contributed by atoms with E-state index in [1.54, 1.807) is 14.0 Å². The van der Waals surface area contributed by atoms with Crippen molar-refractivity contribution < 1.29 is 19.4 Å². The number of carbonyl (C=O) groups excluding carboxylic acids is 1. The number of rotatable bonds is 1. The highest BCUT2D eigenvalue weighted by Gasteiger charge is 2.25. The average molecular weight is 327 g/mol. The molecule has 0 unspecified atom stereocenters. The van der Waals surface area contributed by atoms with Crippen molar-refractivity contribution in [3.05, 3.63) is 35.9 Å². The molecule has 0 fully saturated rings. The molecule has 1 aromatic heterocycles. The Morgan fingerprint density at radius 2 is 1.83 bits per heavy atom. The maximum Gasteiger partial charge on any atom is 0.419 e. The lowest BCUT2D eigenvalue weighted by molar-refractivity contribution is 0.0550. The first-order valence-corrected chi connectivity index (χ1v) is 7.77. The van der Waals surface area contributed by atoms with Crippen molar-refractivity contribution in [2.45, 2.75) is 33.3 Å². The molecule has 0 saturated heterocycles. The smallest absolute Gasteiger partial charge is 0.419 e. The monoisotopic (exact) mass is 327 g/mol.